The van der Waals surface area contributed by atoms with Gasteiger partial charge in [0.25, 0.3) is 0 Å². The van der Waals surface area contributed by atoms with Crippen molar-refractivity contribution in [3.63, 3.8) is 0 Å². The van der Waals surface area contributed by atoms with Crippen molar-refractivity contribution < 1.29 is 14.6 Å². The van der Waals surface area contributed by atoms with Gasteiger partial charge in [0, 0.05) is 5.41 Å². The van der Waals surface area contributed by atoms with Gasteiger partial charge in [0.05, 0.1) is 19.1 Å². The van der Waals surface area contributed by atoms with Gasteiger partial charge >= 0.3 is 5.97 Å². The van der Waals surface area contributed by atoms with Crippen molar-refractivity contribution >= 4 is 5.97 Å². The minimum Gasteiger partial charge on any atom is -0.465 e. The van der Waals surface area contributed by atoms with Gasteiger partial charge in [-0.15, -0.1) is 0 Å². The van der Waals surface area contributed by atoms with E-state index in [1.165, 1.54) is 0 Å². The maximum atomic E-state index is 12.1. The molecule has 0 rings (SSSR count). The Bertz CT molecular complexity index is 247. The Kier molecular flexibility index (Phi) is 10.8. The highest BCUT2D eigenvalue weighted by atomic mass is 16.5. The third-order valence-electron chi connectivity index (χ3n) is 4.40. The monoisotopic (exact) mass is 286 g/mol. The van der Waals surface area contributed by atoms with Crippen LogP contribution in [0.25, 0.3) is 0 Å². The van der Waals surface area contributed by atoms with Crippen molar-refractivity contribution in [2.75, 3.05) is 13.2 Å². The van der Waals surface area contributed by atoms with Gasteiger partial charge in [-0.2, -0.15) is 0 Å². The lowest BCUT2D eigenvalue weighted by Gasteiger charge is -2.30. The number of aliphatic hydroxyl groups excluding tert-OH is 1. The largest absolute Gasteiger partial charge is 0.465 e. The van der Waals surface area contributed by atoms with Crippen LogP contribution in [0.15, 0.2) is 0 Å². The van der Waals surface area contributed by atoms with Gasteiger partial charge in [-0.25, -0.2) is 0 Å². The maximum Gasteiger partial charge on any atom is 0.308 e. The Hall–Kier alpha value is -0.570. The van der Waals surface area contributed by atoms with Crippen LogP contribution in [0.3, 0.4) is 0 Å². The number of ether oxygens (including phenoxy) is 1. The van der Waals surface area contributed by atoms with Crippen LogP contribution in [0.4, 0.5) is 0 Å². The fourth-order valence-corrected chi connectivity index (χ4v) is 2.42. The standard InChI is InChI=1S/C17H34O3/c1-5-9-11-15(7-3)16(19)20-14-17(8-4,13-18)12-10-6-2/h15,18H,5-14H2,1-4H3. The number of aliphatic hydroxyl groups is 1. The predicted molar refractivity (Wildman–Crippen MR) is 83.6 cm³/mol. The Labute approximate surface area is 125 Å². The topological polar surface area (TPSA) is 46.5 Å². The van der Waals surface area contributed by atoms with Crippen molar-refractivity contribution in [3.05, 3.63) is 0 Å². The summed E-state index contributed by atoms with van der Waals surface area (Å²) in [5, 5.41) is 9.66. The molecule has 0 saturated carbocycles. The van der Waals surface area contributed by atoms with E-state index >= 15 is 0 Å². The molecule has 0 aliphatic carbocycles. The van der Waals surface area contributed by atoms with E-state index in [9.17, 15) is 9.90 Å². The molecule has 0 spiro atoms. The molecule has 2 unspecified atom stereocenters. The second-order valence-corrected chi connectivity index (χ2v) is 5.97. The van der Waals surface area contributed by atoms with E-state index in [4.69, 9.17) is 4.74 Å². The molecule has 2 atom stereocenters. The molecule has 0 aromatic heterocycles. The Morgan fingerprint density at radius 1 is 1.15 bits per heavy atom. The van der Waals surface area contributed by atoms with Crippen LogP contribution in [-0.2, 0) is 9.53 Å². The van der Waals surface area contributed by atoms with Gasteiger partial charge in [0.1, 0.15) is 0 Å². The second kappa shape index (κ2) is 11.1. The highest BCUT2D eigenvalue weighted by Gasteiger charge is 2.30. The van der Waals surface area contributed by atoms with Gasteiger partial charge in [-0.1, -0.05) is 53.4 Å². The summed E-state index contributed by atoms with van der Waals surface area (Å²) in [4.78, 5) is 12.1. The number of esters is 1. The number of hydrogen-bond acceptors (Lipinski definition) is 3. The van der Waals surface area contributed by atoms with Crippen molar-refractivity contribution in [3.8, 4) is 0 Å². The first-order valence-corrected chi connectivity index (χ1v) is 8.36. The van der Waals surface area contributed by atoms with Crippen molar-refractivity contribution in [2.24, 2.45) is 11.3 Å². The molecule has 0 aliphatic heterocycles. The zero-order valence-corrected chi connectivity index (χ0v) is 13.9. The summed E-state index contributed by atoms with van der Waals surface area (Å²) in [6.45, 7) is 8.84. The molecule has 0 radical (unpaired) electrons. The number of rotatable bonds is 12. The van der Waals surface area contributed by atoms with Crippen molar-refractivity contribution in [1.29, 1.82) is 0 Å². The average Bonchev–Trinajstić information content (AvgIpc) is 2.49. The lowest BCUT2D eigenvalue weighted by Crippen LogP contribution is -2.33. The molecule has 0 amide bonds. The Balaban J connectivity index is 4.40. The SMILES string of the molecule is CCCCC(CC)C(=O)OCC(CC)(CO)CCCC. The summed E-state index contributed by atoms with van der Waals surface area (Å²) in [5.41, 5.74) is -0.241. The van der Waals surface area contributed by atoms with Crippen LogP contribution in [-0.4, -0.2) is 24.3 Å². The summed E-state index contributed by atoms with van der Waals surface area (Å²) >= 11 is 0. The van der Waals surface area contributed by atoms with Crippen molar-refractivity contribution in [1.82, 2.24) is 0 Å². The van der Waals surface area contributed by atoms with Crippen molar-refractivity contribution in [2.45, 2.75) is 79.1 Å². The van der Waals surface area contributed by atoms with Crippen LogP contribution in [0, 0.1) is 11.3 Å². The highest BCUT2D eigenvalue weighted by molar-refractivity contribution is 5.72. The van der Waals surface area contributed by atoms with Gasteiger partial charge < -0.3 is 9.84 Å². The molecule has 0 aromatic rings. The van der Waals surface area contributed by atoms with Gasteiger partial charge in [-0.05, 0) is 25.7 Å². The van der Waals surface area contributed by atoms with Crippen LogP contribution < -0.4 is 0 Å². The number of carbonyl (C=O) groups is 1. The fraction of sp³-hybridized carbons (Fsp3) is 0.941. The summed E-state index contributed by atoms with van der Waals surface area (Å²) in [7, 11) is 0. The molecular formula is C17H34O3. The number of carbonyl (C=O) groups excluding carboxylic acids is 1. The van der Waals surface area contributed by atoms with E-state index in [1.54, 1.807) is 0 Å². The molecule has 3 nitrogen and oxygen atoms in total. The van der Waals surface area contributed by atoms with Gasteiger partial charge in [0.15, 0.2) is 0 Å². The third kappa shape index (κ3) is 6.74. The third-order valence-corrected chi connectivity index (χ3v) is 4.40. The molecule has 0 bridgehead atoms. The van der Waals surface area contributed by atoms with E-state index in [2.05, 4.69) is 20.8 Å². The van der Waals surface area contributed by atoms with E-state index < -0.39 is 0 Å². The molecule has 0 fully saturated rings. The van der Waals surface area contributed by atoms with Gasteiger partial charge in [-0.3, -0.25) is 4.79 Å². The normalized spacial score (nSPS) is 15.7. The van der Waals surface area contributed by atoms with E-state index in [-0.39, 0.29) is 23.9 Å². The zero-order chi connectivity index (χ0) is 15.4. The van der Waals surface area contributed by atoms with Gasteiger partial charge in [0.2, 0.25) is 0 Å². The lowest BCUT2D eigenvalue weighted by atomic mass is 9.82. The molecule has 0 aromatic carbocycles. The predicted octanol–water partition coefficient (Wildman–Crippen LogP) is 4.32. The highest BCUT2D eigenvalue weighted by Crippen LogP contribution is 2.29. The minimum absolute atomic E-state index is 0.0226. The molecule has 20 heavy (non-hydrogen) atoms. The summed E-state index contributed by atoms with van der Waals surface area (Å²) in [6, 6.07) is 0. The average molecular weight is 286 g/mol. The first kappa shape index (κ1) is 19.4. The van der Waals surface area contributed by atoms with Crippen LogP contribution in [0.5, 0.6) is 0 Å². The number of hydrogen-bond donors (Lipinski definition) is 1. The molecule has 120 valence electrons. The molecule has 0 aliphatic rings. The van der Waals surface area contributed by atoms with Crippen LogP contribution in [0.1, 0.15) is 79.1 Å². The zero-order valence-electron chi connectivity index (χ0n) is 13.9. The molecule has 1 N–H and O–H groups in total. The Morgan fingerprint density at radius 3 is 2.25 bits per heavy atom. The maximum absolute atomic E-state index is 12.1. The summed E-state index contributed by atoms with van der Waals surface area (Å²) in [6.07, 6.45) is 7.88. The second-order valence-electron chi connectivity index (χ2n) is 5.97. The lowest BCUT2D eigenvalue weighted by molar-refractivity contribution is -0.154. The summed E-state index contributed by atoms with van der Waals surface area (Å²) < 4.78 is 5.54. The van der Waals surface area contributed by atoms with E-state index in [0.717, 1.165) is 51.4 Å². The smallest absolute Gasteiger partial charge is 0.308 e. The molecule has 0 saturated heterocycles. The number of unbranched alkanes of at least 4 members (excludes halogenated alkanes) is 2. The summed E-state index contributed by atoms with van der Waals surface area (Å²) in [5.74, 6) is -0.0573. The first-order chi connectivity index (χ1) is 9.59. The molecular weight excluding hydrogens is 252 g/mol. The first-order valence-electron chi connectivity index (χ1n) is 8.36. The minimum atomic E-state index is -0.241. The fourth-order valence-electron chi connectivity index (χ4n) is 2.42. The quantitative estimate of drug-likeness (QED) is 0.543. The van der Waals surface area contributed by atoms with E-state index in [1.807, 2.05) is 6.92 Å². The Morgan fingerprint density at radius 2 is 1.80 bits per heavy atom. The van der Waals surface area contributed by atoms with E-state index in [0.29, 0.717) is 6.61 Å². The van der Waals surface area contributed by atoms with Crippen LogP contribution in [0.2, 0.25) is 0 Å². The van der Waals surface area contributed by atoms with Crippen LogP contribution >= 0.6 is 0 Å². The molecule has 3 heteroatoms. The molecule has 0 heterocycles.